The number of piperidine rings is 1. The average molecular weight is 466 g/mol. The molecule has 8 heteroatoms. The Morgan fingerprint density at radius 1 is 1.12 bits per heavy atom. The highest BCUT2D eigenvalue weighted by Crippen LogP contribution is 2.24. The molecule has 3 aromatic rings. The maximum Gasteiger partial charge on any atom is 0.309 e. The van der Waals surface area contributed by atoms with Gasteiger partial charge in [-0.05, 0) is 57.4 Å². The van der Waals surface area contributed by atoms with Crippen LogP contribution in [0.1, 0.15) is 55.2 Å². The van der Waals surface area contributed by atoms with E-state index in [9.17, 15) is 18.8 Å². The summed E-state index contributed by atoms with van der Waals surface area (Å²) in [6.07, 6.45) is 1.29. The standard InChI is InChI=1S/C26H28FN3O4/c1-26(2,3)34-25(33)17-10-12-30(13-11-17)24(32)20-14-16(8-9-21(20)27)15-22-18-6-4-5-7-19(18)23(31)29-28-22/h4-9,14,17H,10-13,15H2,1-3H3,(H,29,31). The van der Waals surface area contributed by atoms with Gasteiger partial charge in [0, 0.05) is 24.9 Å². The SMILES string of the molecule is CC(C)(C)OC(=O)C1CCN(C(=O)c2cc(Cc3n[nH]c(=O)c4ccccc34)ccc2F)CC1. The van der Waals surface area contributed by atoms with Gasteiger partial charge in [0.15, 0.2) is 0 Å². The number of nitrogens with one attached hydrogen (secondary N) is 1. The van der Waals surface area contributed by atoms with E-state index in [0.29, 0.717) is 54.4 Å². The number of carbonyl (C=O) groups excluding carboxylic acids is 2. The molecular formula is C26H28FN3O4. The van der Waals surface area contributed by atoms with Gasteiger partial charge in [-0.1, -0.05) is 24.3 Å². The Hall–Kier alpha value is -3.55. The maximum atomic E-state index is 14.6. The zero-order valence-corrected chi connectivity index (χ0v) is 19.6. The number of esters is 1. The minimum absolute atomic E-state index is 0.0121. The molecule has 178 valence electrons. The Morgan fingerprint density at radius 3 is 2.47 bits per heavy atom. The predicted molar refractivity (Wildman–Crippen MR) is 126 cm³/mol. The van der Waals surface area contributed by atoms with Crippen molar-refractivity contribution in [2.45, 2.75) is 45.6 Å². The van der Waals surface area contributed by atoms with E-state index < -0.39 is 17.3 Å². The number of H-pyrrole nitrogens is 1. The topological polar surface area (TPSA) is 92.4 Å². The van der Waals surface area contributed by atoms with Gasteiger partial charge in [0.25, 0.3) is 11.5 Å². The third kappa shape index (κ3) is 5.16. The first kappa shape index (κ1) is 23.6. The molecule has 4 rings (SSSR count). The van der Waals surface area contributed by atoms with E-state index >= 15 is 0 Å². The highest BCUT2D eigenvalue weighted by molar-refractivity contribution is 5.95. The first-order valence-corrected chi connectivity index (χ1v) is 11.4. The lowest BCUT2D eigenvalue weighted by molar-refractivity contribution is -0.161. The van der Waals surface area contributed by atoms with E-state index in [2.05, 4.69) is 10.2 Å². The molecule has 0 radical (unpaired) electrons. The Bertz CT molecular complexity index is 1290. The lowest BCUT2D eigenvalue weighted by atomic mass is 9.95. The van der Waals surface area contributed by atoms with Crippen molar-refractivity contribution in [3.63, 3.8) is 0 Å². The van der Waals surface area contributed by atoms with Gasteiger partial charge in [0.05, 0.1) is 22.6 Å². The molecule has 0 aliphatic carbocycles. The molecule has 1 fully saturated rings. The van der Waals surface area contributed by atoms with Gasteiger partial charge in [0.2, 0.25) is 0 Å². The second-order valence-corrected chi connectivity index (χ2v) is 9.64. The number of hydrogen-bond acceptors (Lipinski definition) is 5. The number of nitrogens with zero attached hydrogens (tertiary/aromatic N) is 2. The van der Waals surface area contributed by atoms with Gasteiger partial charge in [0.1, 0.15) is 11.4 Å². The first-order chi connectivity index (χ1) is 16.1. The van der Waals surface area contributed by atoms with E-state index in [1.165, 1.54) is 6.07 Å². The third-order valence-corrected chi connectivity index (χ3v) is 5.93. The molecule has 7 nitrogen and oxygen atoms in total. The molecule has 2 heterocycles. The number of rotatable bonds is 4. The summed E-state index contributed by atoms with van der Waals surface area (Å²) in [5.41, 5.74) is 0.502. The van der Waals surface area contributed by atoms with Crippen LogP contribution in [-0.2, 0) is 16.0 Å². The van der Waals surface area contributed by atoms with Gasteiger partial charge in [-0.2, -0.15) is 5.10 Å². The number of fused-ring (bicyclic) bond motifs is 1. The van der Waals surface area contributed by atoms with Crippen LogP contribution in [0.5, 0.6) is 0 Å². The second kappa shape index (κ2) is 9.37. The van der Waals surface area contributed by atoms with Crippen LogP contribution in [0.4, 0.5) is 4.39 Å². The zero-order valence-electron chi connectivity index (χ0n) is 19.6. The van der Waals surface area contributed by atoms with Crippen molar-refractivity contribution in [2.75, 3.05) is 13.1 Å². The molecule has 1 amide bonds. The Balaban J connectivity index is 1.49. The fourth-order valence-electron chi connectivity index (χ4n) is 4.22. The number of aromatic nitrogens is 2. The Labute approximate surface area is 196 Å². The van der Waals surface area contributed by atoms with Crippen LogP contribution in [0.15, 0.2) is 47.3 Å². The number of benzene rings is 2. The lowest BCUT2D eigenvalue weighted by Crippen LogP contribution is -2.42. The number of hydrogen-bond donors (Lipinski definition) is 1. The summed E-state index contributed by atoms with van der Waals surface area (Å²) in [5, 5.41) is 7.91. The number of amides is 1. The second-order valence-electron chi connectivity index (χ2n) is 9.64. The van der Waals surface area contributed by atoms with E-state index in [4.69, 9.17) is 4.74 Å². The Morgan fingerprint density at radius 2 is 1.79 bits per heavy atom. The van der Waals surface area contributed by atoms with E-state index in [1.807, 2.05) is 32.9 Å². The van der Waals surface area contributed by atoms with Crippen LogP contribution >= 0.6 is 0 Å². The number of aromatic amines is 1. The summed E-state index contributed by atoms with van der Waals surface area (Å²) >= 11 is 0. The molecule has 0 saturated carbocycles. The van der Waals surface area contributed by atoms with Crippen molar-refractivity contribution in [1.82, 2.24) is 15.1 Å². The minimum Gasteiger partial charge on any atom is -0.460 e. The molecular weight excluding hydrogens is 437 g/mol. The van der Waals surface area contributed by atoms with Crippen LogP contribution in [0, 0.1) is 11.7 Å². The fourth-order valence-corrected chi connectivity index (χ4v) is 4.22. The van der Waals surface area contributed by atoms with Gasteiger partial charge >= 0.3 is 5.97 Å². The van der Waals surface area contributed by atoms with Gasteiger partial charge in [-0.25, -0.2) is 9.49 Å². The summed E-state index contributed by atoms with van der Waals surface area (Å²) in [6.45, 7) is 6.19. The molecule has 1 saturated heterocycles. The molecule has 0 bridgehead atoms. The predicted octanol–water partition coefficient (Wildman–Crippen LogP) is 3.85. The molecule has 1 aliphatic rings. The quantitative estimate of drug-likeness (QED) is 0.591. The molecule has 2 aromatic carbocycles. The summed E-state index contributed by atoms with van der Waals surface area (Å²) in [4.78, 5) is 39.0. The largest absolute Gasteiger partial charge is 0.460 e. The van der Waals surface area contributed by atoms with Crippen LogP contribution < -0.4 is 5.56 Å². The van der Waals surface area contributed by atoms with Crippen molar-refractivity contribution in [3.05, 3.63) is 75.5 Å². The smallest absolute Gasteiger partial charge is 0.309 e. The maximum absolute atomic E-state index is 14.6. The first-order valence-electron chi connectivity index (χ1n) is 11.4. The summed E-state index contributed by atoms with van der Waals surface area (Å²) in [7, 11) is 0. The summed E-state index contributed by atoms with van der Waals surface area (Å²) in [5.74, 6) is -1.52. The minimum atomic E-state index is -0.595. The van der Waals surface area contributed by atoms with Crippen LogP contribution in [0.3, 0.4) is 0 Å². The highest BCUT2D eigenvalue weighted by Gasteiger charge is 2.31. The highest BCUT2D eigenvalue weighted by atomic mass is 19.1. The fraction of sp³-hybridized carbons (Fsp3) is 0.385. The molecule has 1 aromatic heterocycles. The summed E-state index contributed by atoms with van der Waals surface area (Å²) < 4.78 is 20.1. The van der Waals surface area contributed by atoms with Gasteiger partial charge in [-0.15, -0.1) is 0 Å². The summed E-state index contributed by atoms with van der Waals surface area (Å²) in [6, 6.07) is 11.6. The van der Waals surface area contributed by atoms with Crippen molar-refractivity contribution < 1.29 is 18.7 Å². The Kier molecular flexibility index (Phi) is 6.50. The number of ether oxygens (including phenoxy) is 1. The van der Waals surface area contributed by atoms with Crippen LogP contribution in [0.25, 0.3) is 10.8 Å². The van der Waals surface area contributed by atoms with Gasteiger partial charge < -0.3 is 9.64 Å². The third-order valence-electron chi connectivity index (χ3n) is 5.93. The lowest BCUT2D eigenvalue weighted by Gasteiger charge is -2.32. The van der Waals surface area contributed by atoms with Crippen molar-refractivity contribution >= 4 is 22.6 Å². The van der Waals surface area contributed by atoms with Crippen LogP contribution in [-0.4, -0.2) is 45.7 Å². The number of carbonyl (C=O) groups is 2. The van der Waals surface area contributed by atoms with Crippen molar-refractivity contribution in [1.29, 1.82) is 0 Å². The molecule has 0 spiro atoms. The van der Waals surface area contributed by atoms with Crippen molar-refractivity contribution in [3.8, 4) is 0 Å². The zero-order chi connectivity index (χ0) is 24.5. The molecule has 1 aliphatic heterocycles. The number of halogens is 1. The molecule has 0 atom stereocenters. The monoisotopic (exact) mass is 465 g/mol. The van der Waals surface area contributed by atoms with E-state index in [-0.39, 0.29) is 23.0 Å². The van der Waals surface area contributed by atoms with E-state index in [0.717, 1.165) is 0 Å². The normalized spacial score (nSPS) is 14.9. The molecule has 34 heavy (non-hydrogen) atoms. The number of likely N-dealkylation sites (tertiary alicyclic amines) is 1. The van der Waals surface area contributed by atoms with Crippen molar-refractivity contribution in [2.24, 2.45) is 5.92 Å². The van der Waals surface area contributed by atoms with Gasteiger partial charge in [-0.3, -0.25) is 14.4 Å². The molecule has 0 unspecified atom stereocenters. The average Bonchev–Trinajstić information content (AvgIpc) is 2.81. The molecule has 1 N–H and O–H groups in total. The van der Waals surface area contributed by atoms with Crippen LogP contribution in [0.2, 0.25) is 0 Å². The van der Waals surface area contributed by atoms with E-state index in [1.54, 1.807) is 29.2 Å².